The van der Waals surface area contributed by atoms with Crippen molar-refractivity contribution < 1.29 is 4.79 Å². The first-order valence-corrected chi connectivity index (χ1v) is 5.24. The highest BCUT2D eigenvalue weighted by Crippen LogP contribution is 2.38. The number of nitrogens with zero attached hydrogens (tertiary/aromatic N) is 3. The normalized spacial score (nSPS) is 17.7. The average Bonchev–Trinajstić information content (AvgIpc) is 2.80. The number of carbonyl (C=O) groups is 1. The monoisotopic (exact) mass is 216 g/mol. The minimum atomic E-state index is -0.851. The molecule has 0 aliphatic heterocycles. The van der Waals surface area contributed by atoms with Crippen molar-refractivity contribution in [3.8, 4) is 6.07 Å². The fourth-order valence-corrected chi connectivity index (χ4v) is 1.98. The summed E-state index contributed by atoms with van der Waals surface area (Å²) in [7, 11) is 0. The Bertz CT molecular complexity index is 417. The van der Waals surface area contributed by atoms with Gasteiger partial charge in [0.2, 0.25) is 5.91 Å². The molecule has 82 valence electrons. The third-order valence-electron chi connectivity index (χ3n) is 2.92. The molecule has 1 fully saturated rings. The second kappa shape index (κ2) is 4.27. The minimum Gasteiger partial charge on any atom is -0.322 e. The van der Waals surface area contributed by atoms with Gasteiger partial charge in [0.25, 0.3) is 0 Å². The highest BCUT2D eigenvalue weighted by atomic mass is 16.2. The van der Waals surface area contributed by atoms with E-state index >= 15 is 0 Å². The van der Waals surface area contributed by atoms with Crippen LogP contribution in [0, 0.1) is 16.7 Å². The summed E-state index contributed by atoms with van der Waals surface area (Å²) in [6.07, 6.45) is 7.59. The standard InChI is InChI=1S/C11H12N4O/c12-7-11(3-1-2-4-11)10(16)15-9-5-13-8-14-6-9/h5-6,8H,1-4H2,(H,15,16). The first-order chi connectivity index (χ1) is 7.77. The fourth-order valence-electron chi connectivity index (χ4n) is 1.98. The van der Waals surface area contributed by atoms with Crippen LogP contribution in [-0.2, 0) is 4.79 Å². The van der Waals surface area contributed by atoms with E-state index in [4.69, 9.17) is 5.26 Å². The molecule has 1 amide bonds. The molecule has 0 bridgehead atoms. The lowest BCUT2D eigenvalue weighted by atomic mass is 9.87. The first-order valence-electron chi connectivity index (χ1n) is 5.24. The third-order valence-corrected chi connectivity index (χ3v) is 2.92. The van der Waals surface area contributed by atoms with Crippen LogP contribution in [0.4, 0.5) is 5.69 Å². The SMILES string of the molecule is N#CC1(C(=O)Nc2cncnc2)CCCC1. The zero-order valence-corrected chi connectivity index (χ0v) is 8.81. The van der Waals surface area contributed by atoms with Crippen LogP contribution in [0.5, 0.6) is 0 Å². The van der Waals surface area contributed by atoms with E-state index in [0.717, 1.165) is 12.8 Å². The molecule has 1 aromatic rings. The summed E-state index contributed by atoms with van der Waals surface area (Å²) in [5.74, 6) is -0.234. The summed E-state index contributed by atoms with van der Waals surface area (Å²) in [5, 5.41) is 11.8. The molecule has 1 N–H and O–H groups in total. The van der Waals surface area contributed by atoms with Gasteiger partial charge in [-0.2, -0.15) is 5.26 Å². The number of hydrogen-bond donors (Lipinski definition) is 1. The molecule has 0 saturated heterocycles. The van der Waals surface area contributed by atoms with Gasteiger partial charge in [-0.15, -0.1) is 0 Å². The molecule has 0 spiro atoms. The molecule has 0 radical (unpaired) electrons. The molecule has 1 aliphatic rings. The summed E-state index contributed by atoms with van der Waals surface area (Å²) >= 11 is 0. The van der Waals surface area contributed by atoms with Crippen molar-refractivity contribution >= 4 is 11.6 Å². The molecule has 1 saturated carbocycles. The van der Waals surface area contributed by atoms with E-state index in [0.29, 0.717) is 18.5 Å². The van der Waals surface area contributed by atoms with Crippen molar-refractivity contribution in [1.29, 1.82) is 5.26 Å². The molecule has 2 rings (SSSR count). The summed E-state index contributed by atoms with van der Waals surface area (Å²) in [5.41, 5.74) is -0.315. The molecule has 5 nitrogen and oxygen atoms in total. The highest BCUT2D eigenvalue weighted by Gasteiger charge is 2.41. The predicted molar refractivity (Wildman–Crippen MR) is 57.2 cm³/mol. The summed E-state index contributed by atoms with van der Waals surface area (Å²) in [6.45, 7) is 0. The summed E-state index contributed by atoms with van der Waals surface area (Å²) < 4.78 is 0. The van der Waals surface area contributed by atoms with E-state index in [2.05, 4.69) is 21.4 Å². The van der Waals surface area contributed by atoms with E-state index in [1.54, 1.807) is 0 Å². The zero-order valence-electron chi connectivity index (χ0n) is 8.81. The smallest absolute Gasteiger partial charge is 0.244 e. The van der Waals surface area contributed by atoms with Gasteiger partial charge in [0.05, 0.1) is 24.2 Å². The van der Waals surface area contributed by atoms with Crippen LogP contribution in [0.25, 0.3) is 0 Å². The Kier molecular flexibility index (Phi) is 2.82. The molecule has 0 atom stereocenters. The van der Waals surface area contributed by atoms with E-state index in [1.165, 1.54) is 18.7 Å². The van der Waals surface area contributed by atoms with Crippen LogP contribution in [-0.4, -0.2) is 15.9 Å². The number of nitrogens with one attached hydrogen (secondary N) is 1. The van der Waals surface area contributed by atoms with Crippen molar-refractivity contribution in [2.75, 3.05) is 5.32 Å². The maximum absolute atomic E-state index is 12.0. The summed E-state index contributed by atoms with van der Waals surface area (Å²) in [4.78, 5) is 19.6. The molecule has 0 unspecified atom stereocenters. The Balaban J connectivity index is 2.11. The van der Waals surface area contributed by atoms with Gasteiger partial charge in [0.15, 0.2) is 0 Å². The van der Waals surface area contributed by atoms with Crippen LogP contribution in [0.3, 0.4) is 0 Å². The molecule has 5 heteroatoms. The second-order valence-electron chi connectivity index (χ2n) is 3.98. The van der Waals surface area contributed by atoms with Gasteiger partial charge >= 0.3 is 0 Å². The molecule has 0 aromatic carbocycles. The lowest BCUT2D eigenvalue weighted by molar-refractivity contribution is -0.122. The number of anilines is 1. The zero-order chi connectivity index (χ0) is 11.4. The van der Waals surface area contributed by atoms with Gasteiger partial charge < -0.3 is 5.32 Å². The number of nitriles is 1. The second-order valence-corrected chi connectivity index (χ2v) is 3.98. The molecule has 1 heterocycles. The Hall–Kier alpha value is -1.96. The number of rotatable bonds is 2. The number of aromatic nitrogens is 2. The number of carbonyl (C=O) groups excluding carboxylic acids is 1. The molecular formula is C11H12N4O. The van der Waals surface area contributed by atoms with E-state index in [-0.39, 0.29) is 5.91 Å². The number of hydrogen-bond acceptors (Lipinski definition) is 4. The Morgan fingerprint density at radius 3 is 2.56 bits per heavy atom. The van der Waals surface area contributed by atoms with Crippen LogP contribution >= 0.6 is 0 Å². The third kappa shape index (κ3) is 1.87. The van der Waals surface area contributed by atoms with Gasteiger partial charge in [-0.3, -0.25) is 4.79 Å². The van der Waals surface area contributed by atoms with Crippen molar-refractivity contribution in [2.24, 2.45) is 5.41 Å². The Labute approximate surface area is 93.5 Å². The van der Waals surface area contributed by atoms with E-state index in [9.17, 15) is 4.79 Å². The highest BCUT2D eigenvalue weighted by molar-refractivity contribution is 5.97. The topological polar surface area (TPSA) is 78.7 Å². The van der Waals surface area contributed by atoms with Crippen LogP contribution < -0.4 is 5.32 Å². The van der Waals surface area contributed by atoms with E-state index in [1.807, 2.05) is 0 Å². The largest absolute Gasteiger partial charge is 0.322 e. The van der Waals surface area contributed by atoms with Crippen LogP contribution in [0.1, 0.15) is 25.7 Å². The lowest BCUT2D eigenvalue weighted by Gasteiger charge is -2.18. The quantitative estimate of drug-likeness (QED) is 0.812. The minimum absolute atomic E-state index is 0.234. The van der Waals surface area contributed by atoms with Crippen molar-refractivity contribution in [2.45, 2.75) is 25.7 Å². The van der Waals surface area contributed by atoms with Gasteiger partial charge in [0, 0.05) is 0 Å². The van der Waals surface area contributed by atoms with Crippen LogP contribution in [0.15, 0.2) is 18.7 Å². The average molecular weight is 216 g/mol. The maximum Gasteiger partial charge on any atom is 0.244 e. The maximum atomic E-state index is 12.0. The molecule has 1 aliphatic carbocycles. The van der Waals surface area contributed by atoms with Gasteiger partial charge in [-0.1, -0.05) is 12.8 Å². The summed E-state index contributed by atoms with van der Waals surface area (Å²) in [6, 6.07) is 2.14. The Morgan fingerprint density at radius 2 is 2.00 bits per heavy atom. The lowest BCUT2D eigenvalue weighted by Crippen LogP contribution is -2.32. The van der Waals surface area contributed by atoms with Gasteiger partial charge in [-0.25, -0.2) is 9.97 Å². The first kappa shape index (κ1) is 10.6. The molecular weight excluding hydrogens is 204 g/mol. The Morgan fingerprint density at radius 1 is 1.38 bits per heavy atom. The van der Waals surface area contributed by atoms with E-state index < -0.39 is 5.41 Å². The number of amides is 1. The van der Waals surface area contributed by atoms with Crippen molar-refractivity contribution in [3.05, 3.63) is 18.7 Å². The van der Waals surface area contributed by atoms with Gasteiger partial charge in [-0.05, 0) is 12.8 Å². The van der Waals surface area contributed by atoms with Crippen LogP contribution in [0.2, 0.25) is 0 Å². The molecule has 1 aromatic heterocycles. The fraction of sp³-hybridized carbons (Fsp3) is 0.455. The van der Waals surface area contributed by atoms with Gasteiger partial charge in [0.1, 0.15) is 11.7 Å². The van der Waals surface area contributed by atoms with Crippen molar-refractivity contribution in [1.82, 2.24) is 9.97 Å². The predicted octanol–water partition coefficient (Wildman–Crippen LogP) is 1.50. The van der Waals surface area contributed by atoms with Crippen molar-refractivity contribution in [3.63, 3.8) is 0 Å². The molecule has 16 heavy (non-hydrogen) atoms.